The van der Waals surface area contributed by atoms with Crippen molar-refractivity contribution >= 4 is 132 Å². The number of pyridine rings is 1. The Labute approximate surface area is 487 Å². The number of benzene rings is 1. The average Bonchev–Trinajstić information content (AvgIpc) is 4.34. The van der Waals surface area contributed by atoms with Crippen molar-refractivity contribution < 1.29 is 58.4 Å². The fraction of sp³-hybridized carbons (Fsp3) is 0.255. The summed E-state index contributed by atoms with van der Waals surface area (Å²) in [5, 5.41) is 55.4. The minimum atomic E-state index is -1.84. The van der Waals surface area contributed by atoms with E-state index >= 15 is 0 Å². The van der Waals surface area contributed by atoms with Crippen molar-refractivity contribution in [2.24, 2.45) is 5.73 Å². The first-order chi connectivity index (χ1) is 39.2. The zero-order valence-corrected chi connectivity index (χ0v) is 48.0. The van der Waals surface area contributed by atoms with Gasteiger partial charge in [0.2, 0.25) is 16.9 Å². The van der Waals surface area contributed by atoms with Gasteiger partial charge in [-0.2, -0.15) is 0 Å². The van der Waals surface area contributed by atoms with Crippen molar-refractivity contribution in [3.05, 3.63) is 112 Å². The Morgan fingerprint density at radius 3 is 2.15 bits per heavy atom. The molecule has 10 rings (SSSR count). The van der Waals surface area contributed by atoms with Crippen molar-refractivity contribution in [3.63, 3.8) is 0 Å². The Hall–Kier alpha value is -8.17. The number of aromatic nitrogens is 7. The van der Waals surface area contributed by atoms with Gasteiger partial charge in [-0.1, -0.05) is 30.0 Å². The van der Waals surface area contributed by atoms with Crippen LogP contribution in [0.1, 0.15) is 118 Å². The number of fused-ring (bicyclic) bond motifs is 13. The summed E-state index contributed by atoms with van der Waals surface area (Å²) in [6, 6.07) is 1.64. The number of nitrogens with one attached hydrogen (secondary N) is 6. The van der Waals surface area contributed by atoms with E-state index in [0.29, 0.717) is 22.0 Å². The number of carbonyl (C=O) groups is 8. The van der Waals surface area contributed by atoms with Crippen molar-refractivity contribution in [1.82, 2.24) is 61.5 Å². The molecule has 1 aromatic carbocycles. The number of H-pyrrole nitrogens is 1. The lowest BCUT2D eigenvalue weighted by molar-refractivity contribution is -0.155. The van der Waals surface area contributed by atoms with Crippen molar-refractivity contribution in [2.45, 2.75) is 77.1 Å². The topological polar surface area (TPSA) is 386 Å². The van der Waals surface area contributed by atoms with E-state index in [0.717, 1.165) is 68.4 Å². The van der Waals surface area contributed by atoms with Gasteiger partial charge >= 0.3 is 5.97 Å². The molecule has 6 unspecified atom stereocenters. The third-order valence-corrected chi connectivity index (χ3v) is 18.3. The number of cyclic esters (lactones) is 1. The number of esters is 1. The largest absolute Gasteiger partial charge is 0.506 e. The lowest BCUT2D eigenvalue weighted by Crippen LogP contribution is -2.52. The number of nitrogens with zero attached hydrogens (tertiary/aromatic N) is 6. The van der Waals surface area contributed by atoms with Gasteiger partial charge in [0.25, 0.3) is 23.6 Å². The molecule has 8 aromatic rings. The molecule has 2 aliphatic heterocycles. The standard InChI is InChI=1S/C51H45N13O12S6/c1-5-23-46-60-28(14-79-46)41(70)56-25-10-33(67)50(74)76-11-21-7-6-8-24-34(21)18(2)35(54-24)51(75)82-17-31(57-42(71)29-15-80-47(25)61-29)48-58-26(12-78-48)37-22(45-59-30(13-77-45)43(72)64-36(20(4)65)44(73)55-23)9-32(66)38(63-37)49-62-27(16-81-49)40(69)53-19(3)39(52)68/h5-9,12-16,19-20,25,31,33,36,54,65-67H,10-11,17H2,1-4H3,(H2,52,68)(H,53,69)(H,55,73)(H,56,70)(H,57,71)(H,64,72). The Bertz CT molecular complexity index is 3930. The molecule has 11 N–H and O–H groups in total. The maximum atomic E-state index is 14.5. The van der Waals surface area contributed by atoms with Gasteiger partial charge < -0.3 is 57.4 Å². The number of nitrogens with two attached hydrogens (primary N) is 1. The first-order valence-corrected chi connectivity index (χ1v) is 30.0. The number of aromatic hydroxyl groups is 1. The number of allylic oxidation sites excluding steroid dienone is 1. The monoisotopic (exact) mass is 1220 g/mol. The molecule has 0 aliphatic carbocycles. The Kier molecular flexibility index (Phi) is 16.5. The molecule has 0 fully saturated rings. The highest BCUT2D eigenvalue weighted by molar-refractivity contribution is 8.14. The van der Waals surface area contributed by atoms with E-state index in [1.165, 1.54) is 47.5 Å². The van der Waals surface area contributed by atoms with Gasteiger partial charge in [-0.15, -0.1) is 56.7 Å². The fourth-order valence-corrected chi connectivity index (χ4v) is 13.7. The normalized spacial score (nSPS) is 19.7. The Morgan fingerprint density at radius 1 is 0.793 bits per heavy atom. The molecule has 0 saturated carbocycles. The van der Waals surface area contributed by atoms with Gasteiger partial charge in [-0.05, 0) is 51.0 Å². The number of thiazole rings is 5. The number of hydrogen-bond acceptors (Lipinski definition) is 24. The molecule has 2 aliphatic rings. The molecule has 9 heterocycles. The number of carbonyl (C=O) groups excluding carboxylic acids is 8. The van der Waals surface area contributed by atoms with E-state index < -0.39 is 95.1 Å². The van der Waals surface area contributed by atoms with E-state index in [4.69, 9.17) is 20.4 Å². The minimum absolute atomic E-state index is 0.0702. The molecule has 6 atom stereocenters. The van der Waals surface area contributed by atoms with Crippen LogP contribution in [-0.4, -0.2) is 127 Å². The van der Waals surface area contributed by atoms with E-state index in [1.54, 1.807) is 37.4 Å². The van der Waals surface area contributed by atoms with Crippen LogP contribution in [0, 0.1) is 6.92 Å². The SMILES string of the molecule is CC=C1NC(=O)C(C(C)O)NC(=O)c2csc(n2)-c2cc(O)c(-c3nc(C(=O)NC(C)C(N)=O)cs3)nc2-c2csc(n2)C2CSC(=O)c3[nH]c4cccc(c4c3C)COC(=O)C(O)CC(NC(=O)c3csc1n3)c1nc(cs1)C(=O)N2. The maximum absolute atomic E-state index is 14.5. The van der Waals surface area contributed by atoms with E-state index in [9.17, 15) is 53.7 Å². The number of rotatable bonds is 5. The molecule has 0 radical (unpaired) electrons. The van der Waals surface area contributed by atoms with Crippen molar-refractivity contribution in [2.75, 3.05) is 5.75 Å². The summed E-state index contributed by atoms with van der Waals surface area (Å²) in [6.45, 7) is 5.71. The van der Waals surface area contributed by atoms with Crippen LogP contribution in [0.2, 0.25) is 0 Å². The summed E-state index contributed by atoms with van der Waals surface area (Å²) >= 11 is 5.79. The van der Waals surface area contributed by atoms with Crippen LogP contribution in [0.4, 0.5) is 0 Å². The predicted molar refractivity (Wildman–Crippen MR) is 305 cm³/mol. The van der Waals surface area contributed by atoms with E-state index in [2.05, 4.69) is 51.5 Å². The summed E-state index contributed by atoms with van der Waals surface area (Å²) in [4.78, 5) is 140. The summed E-state index contributed by atoms with van der Waals surface area (Å²) in [5.74, 6) is -6.32. The van der Waals surface area contributed by atoms with Crippen LogP contribution < -0.4 is 32.3 Å². The molecule has 7 aromatic heterocycles. The van der Waals surface area contributed by atoms with Crippen LogP contribution in [0.25, 0.3) is 49.3 Å². The number of aromatic amines is 1. The number of hydrogen-bond donors (Lipinski definition) is 10. The van der Waals surface area contributed by atoms with Gasteiger partial charge in [0.1, 0.15) is 89.3 Å². The molecule has 25 nitrogen and oxygen atoms in total. The summed E-state index contributed by atoms with van der Waals surface area (Å²) < 4.78 is 5.63. The van der Waals surface area contributed by atoms with Crippen LogP contribution in [0.15, 0.2) is 57.2 Å². The first-order valence-electron chi connectivity index (χ1n) is 24.6. The number of aryl methyl sites for hydroxylation is 1. The first kappa shape index (κ1) is 57.1. The van der Waals surface area contributed by atoms with Gasteiger partial charge in [-0.3, -0.25) is 33.6 Å². The van der Waals surface area contributed by atoms with E-state index in [-0.39, 0.29) is 94.2 Å². The Balaban J connectivity index is 1.11. The van der Waals surface area contributed by atoms with E-state index in [1.807, 2.05) is 0 Å². The average molecular weight is 1220 g/mol. The lowest BCUT2D eigenvalue weighted by atomic mass is 10.1. The van der Waals surface area contributed by atoms with Gasteiger partial charge in [0, 0.05) is 55.5 Å². The molecule has 0 spiro atoms. The second-order valence-electron chi connectivity index (χ2n) is 18.5. The summed E-state index contributed by atoms with van der Waals surface area (Å²) in [7, 11) is 0. The zero-order chi connectivity index (χ0) is 58.3. The molecular weight excluding hydrogens is 1180 g/mol. The number of aliphatic hydroxyl groups excluding tert-OH is 2. The summed E-state index contributed by atoms with van der Waals surface area (Å²) in [5.41, 5.74) is 7.03. The molecule has 0 saturated heterocycles. The predicted octanol–water partition coefficient (Wildman–Crippen LogP) is 4.76. The smallest absolute Gasteiger partial charge is 0.335 e. The van der Waals surface area contributed by atoms with Crippen molar-refractivity contribution in [3.8, 4) is 38.4 Å². The molecule has 422 valence electrons. The quantitative estimate of drug-likeness (QED) is 0.104. The highest BCUT2D eigenvalue weighted by Gasteiger charge is 2.34. The lowest BCUT2D eigenvalue weighted by Gasteiger charge is -2.21. The van der Waals surface area contributed by atoms with Crippen LogP contribution in [0.3, 0.4) is 0 Å². The highest BCUT2D eigenvalue weighted by Crippen LogP contribution is 2.42. The van der Waals surface area contributed by atoms with Gasteiger partial charge in [-0.25, -0.2) is 34.7 Å². The summed E-state index contributed by atoms with van der Waals surface area (Å²) in [6.07, 6.45) is -2.28. The van der Waals surface area contributed by atoms with Crippen LogP contribution >= 0.6 is 68.4 Å². The zero-order valence-electron chi connectivity index (χ0n) is 43.1. The number of ether oxygens (including phenoxy) is 1. The van der Waals surface area contributed by atoms with Gasteiger partial charge in [0.15, 0.2) is 6.10 Å². The van der Waals surface area contributed by atoms with Gasteiger partial charge in [0.05, 0.1) is 29.6 Å². The number of thioether (sulfide) groups is 1. The van der Waals surface area contributed by atoms with Crippen molar-refractivity contribution in [1.29, 1.82) is 0 Å². The Morgan fingerprint density at radius 2 is 1.43 bits per heavy atom. The molecule has 6 amide bonds. The van der Waals surface area contributed by atoms with Crippen LogP contribution in [-0.2, 0) is 25.7 Å². The van der Waals surface area contributed by atoms with Crippen LogP contribution in [0.5, 0.6) is 5.75 Å². The second kappa shape index (κ2) is 23.7. The minimum Gasteiger partial charge on any atom is -0.506 e. The molecule has 82 heavy (non-hydrogen) atoms. The number of amides is 6. The second-order valence-corrected chi connectivity index (χ2v) is 23.8. The number of aliphatic hydroxyl groups is 2. The number of primary amides is 1. The molecule has 12 bridgehead atoms. The third kappa shape index (κ3) is 11.8. The fourth-order valence-electron chi connectivity index (χ4n) is 8.52. The molecule has 31 heteroatoms. The molecular formula is C51H45N13O12S6. The highest BCUT2D eigenvalue weighted by atomic mass is 32.2. The maximum Gasteiger partial charge on any atom is 0.335 e. The third-order valence-electron chi connectivity index (χ3n) is 12.8.